The lowest BCUT2D eigenvalue weighted by Gasteiger charge is -2.28. The van der Waals surface area contributed by atoms with E-state index < -0.39 is 0 Å². The molecular formula is C19H25N3O3. The molecule has 0 unspecified atom stereocenters. The second kappa shape index (κ2) is 7.78. The van der Waals surface area contributed by atoms with Gasteiger partial charge in [-0.3, -0.25) is 9.59 Å². The summed E-state index contributed by atoms with van der Waals surface area (Å²) < 4.78 is 7.13. The van der Waals surface area contributed by atoms with Gasteiger partial charge in [0.15, 0.2) is 5.69 Å². The number of hydrogen-bond acceptors (Lipinski definition) is 4. The summed E-state index contributed by atoms with van der Waals surface area (Å²) in [5.74, 6) is 0.297. The molecule has 1 amide bonds. The molecule has 0 radical (unpaired) electrons. The largest absolute Gasteiger partial charge is 0.376 e. The van der Waals surface area contributed by atoms with Gasteiger partial charge in [-0.2, -0.15) is 5.10 Å². The third-order valence-corrected chi connectivity index (χ3v) is 4.92. The van der Waals surface area contributed by atoms with Crippen molar-refractivity contribution in [2.45, 2.75) is 38.7 Å². The highest BCUT2D eigenvalue weighted by Gasteiger charge is 2.21. The maximum Gasteiger partial charge on any atom is 0.274 e. The molecule has 1 fully saturated rings. The van der Waals surface area contributed by atoms with E-state index in [1.807, 2.05) is 0 Å². The fourth-order valence-electron chi connectivity index (χ4n) is 3.46. The average molecular weight is 343 g/mol. The third-order valence-electron chi connectivity index (χ3n) is 4.92. The van der Waals surface area contributed by atoms with Gasteiger partial charge in [0.25, 0.3) is 11.5 Å². The van der Waals surface area contributed by atoms with Crippen LogP contribution in [0.4, 0.5) is 0 Å². The van der Waals surface area contributed by atoms with Crippen LogP contribution in [0.1, 0.15) is 43.1 Å². The minimum Gasteiger partial charge on any atom is -0.376 e. The molecule has 0 aliphatic heterocycles. The number of hydrogen-bond donors (Lipinski definition) is 1. The Bertz CT molecular complexity index is 815. The van der Waals surface area contributed by atoms with Crippen LogP contribution in [0.25, 0.3) is 10.8 Å². The van der Waals surface area contributed by atoms with E-state index in [4.69, 9.17) is 4.74 Å². The predicted octanol–water partition coefficient (Wildman–Crippen LogP) is 2.26. The molecule has 1 aliphatic rings. The van der Waals surface area contributed by atoms with Gasteiger partial charge in [-0.05, 0) is 24.8 Å². The van der Waals surface area contributed by atoms with Crippen molar-refractivity contribution in [3.63, 3.8) is 0 Å². The molecule has 0 saturated heterocycles. The first-order valence-corrected chi connectivity index (χ1v) is 8.94. The fraction of sp³-hybridized carbons (Fsp3) is 0.526. The Labute approximate surface area is 147 Å². The number of aromatic nitrogens is 2. The van der Waals surface area contributed by atoms with Gasteiger partial charge >= 0.3 is 0 Å². The van der Waals surface area contributed by atoms with Crippen molar-refractivity contribution in [2.24, 2.45) is 13.0 Å². The SMILES string of the molecule is C[C@H]1CCCC[C@H]1OCCNC(=O)c1nn(C)c(=O)c2ccccc12. The van der Waals surface area contributed by atoms with Crippen LogP contribution < -0.4 is 10.9 Å². The summed E-state index contributed by atoms with van der Waals surface area (Å²) in [5.41, 5.74) is 0.0607. The Balaban J connectivity index is 1.63. The van der Waals surface area contributed by atoms with Crippen molar-refractivity contribution in [1.82, 2.24) is 15.1 Å². The summed E-state index contributed by atoms with van der Waals surface area (Å²) in [5, 5.41) is 8.05. The fourth-order valence-corrected chi connectivity index (χ4v) is 3.46. The minimum absolute atomic E-state index is 0.207. The van der Waals surface area contributed by atoms with Crippen LogP contribution in [0.15, 0.2) is 29.1 Å². The van der Waals surface area contributed by atoms with E-state index >= 15 is 0 Å². The maximum atomic E-state index is 12.5. The Kier molecular flexibility index (Phi) is 5.48. The summed E-state index contributed by atoms with van der Waals surface area (Å²) in [6.07, 6.45) is 5.10. The van der Waals surface area contributed by atoms with Gasteiger partial charge < -0.3 is 10.1 Å². The van der Waals surface area contributed by atoms with Crippen LogP contribution in [0, 0.1) is 5.92 Å². The van der Waals surface area contributed by atoms with Crippen LogP contribution in [0.2, 0.25) is 0 Å². The van der Waals surface area contributed by atoms with Crippen LogP contribution >= 0.6 is 0 Å². The second-order valence-corrected chi connectivity index (χ2v) is 6.75. The zero-order valence-corrected chi connectivity index (χ0v) is 14.8. The summed E-state index contributed by atoms with van der Waals surface area (Å²) in [6, 6.07) is 7.04. The number of nitrogens with zero attached hydrogens (tertiary/aromatic N) is 2. The van der Waals surface area contributed by atoms with Crippen molar-refractivity contribution in [3.05, 3.63) is 40.3 Å². The number of carbonyl (C=O) groups excluding carboxylic acids is 1. The lowest BCUT2D eigenvalue weighted by molar-refractivity contribution is -0.00295. The molecule has 1 aromatic heterocycles. The van der Waals surface area contributed by atoms with Crippen LogP contribution in [0.3, 0.4) is 0 Å². The van der Waals surface area contributed by atoms with Gasteiger partial charge in [0.05, 0.1) is 18.1 Å². The zero-order valence-electron chi connectivity index (χ0n) is 14.8. The molecule has 2 atom stereocenters. The Morgan fingerprint density at radius 1 is 1.28 bits per heavy atom. The number of ether oxygens (including phenoxy) is 1. The lowest BCUT2D eigenvalue weighted by atomic mass is 9.88. The number of rotatable bonds is 5. The molecule has 6 heteroatoms. The van der Waals surface area contributed by atoms with E-state index in [9.17, 15) is 9.59 Å². The molecule has 2 aromatic rings. The third kappa shape index (κ3) is 3.90. The van der Waals surface area contributed by atoms with E-state index in [1.54, 1.807) is 31.3 Å². The highest BCUT2D eigenvalue weighted by atomic mass is 16.5. The van der Waals surface area contributed by atoms with Crippen LogP contribution in [-0.4, -0.2) is 34.9 Å². The van der Waals surface area contributed by atoms with Crippen LogP contribution in [-0.2, 0) is 11.8 Å². The number of amides is 1. The molecule has 3 rings (SSSR count). The topological polar surface area (TPSA) is 73.2 Å². The standard InChI is InChI=1S/C19H25N3O3/c1-13-7-3-6-10-16(13)25-12-11-20-18(23)17-14-8-4-5-9-15(14)19(24)22(2)21-17/h4-5,8-9,13,16H,3,6-7,10-12H2,1-2H3,(H,20,23)/t13-,16+/m0/s1. The summed E-state index contributed by atoms with van der Waals surface area (Å²) >= 11 is 0. The molecule has 1 N–H and O–H groups in total. The van der Waals surface area contributed by atoms with Crippen molar-refractivity contribution >= 4 is 16.7 Å². The molecule has 6 nitrogen and oxygen atoms in total. The molecule has 0 bridgehead atoms. The second-order valence-electron chi connectivity index (χ2n) is 6.75. The number of aryl methyl sites for hydroxylation is 1. The molecule has 134 valence electrons. The highest BCUT2D eigenvalue weighted by Crippen LogP contribution is 2.26. The monoisotopic (exact) mass is 343 g/mol. The molecule has 1 aromatic carbocycles. The number of benzene rings is 1. The first-order chi connectivity index (χ1) is 12.1. The Morgan fingerprint density at radius 3 is 2.76 bits per heavy atom. The van der Waals surface area contributed by atoms with Crippen molar-refractivity contribution < 1.29 is 9.53 Å². The molecule has 1 heterocycles. The first kappa shape index (κ1) is 17.6. The van der Waals surface area contributed by atoms with Crippen LogP contribution in [0.5, 0.6) is 0 Å². The van der Waals surface area contributed by atoms with Crippen molar-refractivity contribution in [1.29, 1.82) is 0 Å². The normalized spacial score (nSPS) is 20.6. The first-order valence-electron chi connectivity index (χ1n) is 8.94. The molecule has 25 heavy (non-hydrogen) atoms. The Hall–Kier alpha value is -2.21. The summed E-state index contributed by atoms with van der Waals surface area (Å²) in [4.78, 5) is 24.6. The minimum atomic E-state index is -0.285. The van der Waals surface area contributed by atoms with Crippen molar-refractivity contribution in [3.8, 4) is 0 Å². The van der Waals surface area contributed by atoms with E-state index in [2.05, 4.69) is 17.3 Å². The summed E-state index contributed by atoms with van der Waals surface area (Å²) in [6.45, 7) is 3.15. The molecular weight excluding hydrogens is 318 g/mol. The lowest BCUT2D eigenvalue weighted by Crippen LogP contribution is -2.33. The van der Waals surface area contributed by atoms with Gasteiger partial charge in [0.1, 0.15) is 0 Å². The zero-order chi connectivity index (χ0) is 17.8. The molecule has 0 spiro atoms. The van der Waals surface area contributed by atoms with Gasteiger partial charge in [0, 0.05) is 19.0 Å². The predicted molar refractivity (Wildman–Crippen MR) is 96.7 cm³/mol. The smallest absolute Gasteiger partial charge is 0.274 e. The van der Waals surface area contributed by atoms with Gasteiger partial charge in [-0.25, -0.2) is 4.68 Å². The summed E-state index contributed by atoms with van der Waals surface area (Å²) in [7, 11) is 1.55. The highest BCUT2D eigenvalue weighted by molar-refractivity contribution is 6.04. The van der Waals surface area contributed by atoms with Gasteiger partial charge in [0.2, 0.25) is 0 Å². The maximum absolute atomic E-state index is 12.5. The average Bonchev–Trinajstić information content (AvgIpc) is 2.63. The van der Waals surface area contributed by atoms with Gasteiger partial charge in [-0.15, -0.1) is 0 Å². The quantitative estimate of drug-likeness (QED) is 0.845. The molecule has 1 aliphatic carbocycles. The van der Waals surface area contributed by atoms with Crippen molar-refractivity contribution in [2.75, 3.05) is 13.2 Å². The van der Waals surface area contributed by atoms with E-state index in [1.165, 1.54) is 23.9 Å². The number of fused-ring (bicyclic) bond motifs is 1. The molecule has 1 saturated carbocycles. The van der Waals surface area contributed by atoms with E-state index in [0.717, 1.165) is 6.42 Å². The van der Waals surface area contributed by atoms with E-state index in [0.29, 0.717) is 35.9 Å². The Morgan fingerprint density at radius 2 is 2.00 bits per heavy atom. The van der Waals surface area contributed by atoms with E-state index in [-0.39, 0.29) is 17.2 Å². The number of nitrogens with one attached hydrogen (secondary N) is 1. The van der Waals surface area contributed by atoms with Gasteiger partial charge in [-0.1, -0.05) is 38.0 Å². The number of carbonyl (C=O) groups is 1.